The molecule has 0 aliphatic heterocycles. The Morgan fingerprint density at radius 1 is 1.19 bits per heavy atom. The molecule has 0 aliphatic carbocycles. The molecule has 31 heavy (non-hydrogen) atoms. The highest BCUT2D eigenvalue weighted by molar-refractivity contribution is 8.13. The summed E-state index contributed by atoms with van der Waals surface area (Å²) in [5, 5.41) is 8.71. The first-order valence-electron chi connectivity index (χ1n) is 9.10. The van der Waals surface area contributed by atoms with E-state index in [1.165, 1.54) is 37.2 Å². The zero-order chi connectivity index (χ0) is 22.1. The molecule has 0 saturated carbocycles. The first-order valence-corrected chi connectivity index (χ1v) is 10.5. The molecule has 0 fully saturated rings. The molecular formula is C22H19ClN4O3S. The summed E-state index contributed by atoms with van der Waals surface area (Å²) in [6.45, 7) is 0. The zero-order valence-corrected chi connectivity index (χ0v) is 18.1. The molecule has 0 aliphatic rings. The van der Waals surface area contributed by atoms with Crippen molar-refractivity contribution in [2.75, 3.05) is 7.11 Å². The molecule has 0 radical (unpaired) electrons. The minimum atomic E-state index is -0.480. The van der Waals surface area contributed by atoms with Gasteiger partial charge in [-0.3, -0.25) is 0 Å². The summed E-state index contributed by atoms with van der Waals surface area (Å²) in [5.74, 6) is 0.842. The van der Waals surface area contributed by atoms with Gasteiger partial charge in [-0.2, -0.15) is 5.10 Å². The van der Waals surface area contributed by atoms with Crippen LogP contribution in [0, 0.1) is 0 Å². The van der Waals surface area contributed by atoms with Crippen molar-refractivity contribution in [2.45, 2.75) is 5.75 Å². The second-order valence-electron chi connectivity index (χ2n) is 6.12. The summed E-state index contributed by atoms with van der Waals surface area (Å²) in [7, 11) is 1.31. The van der Waals surface area contributed by atoms with Gasteiger partial charge in [0.25, 0.3) is 0 Å². The minimum absolute atomic E-state index is 0.221. The maximum absolute atomic E-state index is 11.6. The number of aromatic nitrogens is 1. The Bertz CT molecular complexity index is 1110. The Morgan fingerprint density at radius 2 is 2.00 bits per heavy atom. The molecule has 1 heterocycles. The van der Waals surface area contributed by atoms with Gasteiger partial charge in [0.2, 0.25) is 5.88 Å². The number of halogens is 1. The number of nitrogens with two attached hydrogens (primary N) is 1. The van der Waals surface area contributed by atoms with Crippen LogP contribution in [-0.4, -0.2) is 29.4 Å². The van der Waals surface area contributed by atoms with E-state index >= 15 is 0 Å². The van der Waals surface area contributed by atoms with Crippen LogP contribution in [0.3, 0.4) is 0 Å². The van der Waals surface area contributed by atoms with Gasteiger partial charge in [0.15, 0.2) is 5.17 Å². The Balaban J connectivity index is 1.60. The van der Waals surface area contributed by atoms with Crippen LogP contribution in [0.5, 0.6) is 11.6 Å². The number of hydrogen-bond acceptors (Lipinski definition) is 7. The van der Waals surface area contributed by atoms with Gasteiger partial charge < -0.3 is 15.2 Å². The highest BCUT2D eigenvalue weighted by Gasteiger charge is 2.09. The van der Waals surface area contributed by atoms with Crippen molar-refractivity contribution in [3.05, 3.63) is 88.6 Å². The largest absolute Gasteiger partial charge is 0.465 e. The quantitative estimate of drug-likeness (QED) is 0.236. The third-order valence-corrected chi connectivity index (χ3v) is 5.07. The van der Waals surface area contributed by atoms with E-state index in [0.717, 1.165) is 16.9 Å². The van der Waals surface area contributed by atoms with Gasteiger partial charge in [-0.25, -0.2) is 9.78 Å². The Labute approximate surface area is 189 Å². The van der Waals surface area contributed by atoms with Crippen LogP contribution >= 0.6 is 23.4 Å². The summed E-state index contributed by atoms with van der Waals surface area (Å²) >= 11 is 7.70. The first-order chi connectivity index (χ1) is 15.0. The average Bonchev–Trinajstić information content (AvgIpc) is 2.80. The van der Waals surface area contributed by atoms with Crippen LogP contribution in [0.4, 0.5) is 0 Å². The van der Waals surface area contributed by atoms with Crippen molar-refractivity contribution in [3.8, 4) is 11.6 Å². The lowest BCUT2D eigenvalue weighted by atomic mass is 10.2. The van der Waals surface area contributed by atoms with Gasteiger partial charge in [-0.15, -0.1) is 5.10 Å². The number of benzene rings is 2. The average molecular weight is 455 g/mol. The summed E-state index contributed by atoms with van der Waals surface area (Å²) < 4.78 is 10.4. The number of carbonyl (C=O) groups excluding carboxylic acids is 1. The maximum atomic E-state index is 11.6. The van der Waals surface area contributed by atoms with Crippen LogP contribution in [0.2, 0.25) is 5.02 Å². The zero-order valence-electron chi connectivity index (χ0n) is 16.6. The molecule has 2 N–H and O–H groups in total. The van der Waals surface area contributed by atoms with E-state index < -0.39 is 5.97 Å². The van der Waals surface area contributed by atoms with E-state index in [2.05, 4.69) is 19.9 Å². The van der Waals surface area contributed by atoms with Crippen LogP contribution < -0.4 is 10.5 Å². The van der Waals surface area contributed by atoms with Gasteiger partial charge in [0.1, 0.15) is 5.75 Å². The number of methoxy groups -OCH3 is 1. The molecule has 158 valence electrons. The molecule has 3 aromatic rings. The number of nitrogens with zero attached hydrogens (tertiary/aromatic N) is 3. The molecule has 0 unspecified atom stereocenters. The fraction of sp³-hybridized carbons (Fsp3) is 0.0909. The molecule has 0 amide bonds. The molecule has 3 rings (SSSR count). The summed E-state index contributed by atoms with van der Waals surface area (Å²) in [6, 6.07) is 18.1. The Hall–Kier alpha value is -3.36. The third-order valence-electron chi connectivity index (χ3n) is 3.92. The number of ether oxygens (including phenoxy) is 2. The highest BCUT2D eigenvalue weighted by atomic mass is 35.5. The van der Waals surface area contributed by atoms with Crippen molar-refractivity contribution in [1.29, 1.82) is 0 Å². The molecule has 1 aromatic heterocycles. The Kier molecular flexibility index (Phi) is 8.03. The summed E-state index contributed by atoms with van der Waals surface area (Å²) in [6.07, 6.45) is 3.00. The van der Waals surface area contributed by atoms with E-state index in [1.54, 1.807) is 24.4 Å². The van der Waals surface area contributed by atoms with E-state index in [4.69, 9.17) is 22.1 Å². The molecule has 7 nitrogen and oxygen atoms in total. The number of rotatable bonds is 7. The summed E-state index contributed by atoms with van der Waals surface area (Å²) in [5.41, 5.74) is 8.09. The standard InChI is InChI=1S/C22H19ClN4O3S/c1-29-21(28)17-9-10-25-20(12-17)30-19-8-7-16(11-18(19)23)13-26-27-22(24)31-14-15-5-3-2-4-6-15/h2-13H,14H2,1H3,(H2,24,27). The van der Waals surface area contributed by atoms with Gasteiger partial charge >= 0.3 is 5.97 Å². The van der Waals surface area contributed by atoms with Crippen LogP contribution in [0.15, 0.2) is 77.1 Å². The topological polar surface area (TPSA) is 99.2 Å². The molecule has 0 bridgehead atoms. The summed E-state index contributed by atoms with van der Waals surface area (Å²) in [4.78, 5) is 15.7. The molecule has 0 atom stereocenters. The molecule has 0 spiro atoms. The lowest BCUT2D eigenvalue weighted by molar-refractivity contribution is 0.0600. The van der Waals surface area contributed by atoms with Crippen molar-refractivity contribution in [1.82, 2.24) is 4.98 Å². The van der Waals surface area contributed by atoms with Gasteiger partial charge in [0.05, 0.1) is 23.9 Å². The third kappa shape index (κ3) is 6.84. The number of hydrogen-bond donors (Lipinski definition) is 1. The van der Waals surface area contributed by atoms with E-state index in [1.807, 2.05) is 30.3 Å². The second kappa shape index (κ2) is 11.1. The monoisotopic (exact) mass is 454 g/mol. The molecule has 9 heteroatoms. The van der Waals surface area contributed by atoms with Crippen LogP contribution in [0.1, 0.15) is 21.5 Å². The van der Waals surface area contributed by atoms with Crippen LogP contribution in [0.25, 0.3) is 0 Å². The van der Waals surface area contributed by atoms with Gasteiger partial charge in [0, 0.05) is 18.0 Å². The first kappa shape index (κ1) is 22.3. The fourth-order valence-corrected chi connectivity index (χ4v) is 3.26. The predicted molar refractivity (Wildman–Crippen MR) is 124 cm³/mol. The molecule has 2 aromatic carbocycles. The van der Waals surface area contributed by atoms with E-state index in [0.29, 0.717) is 21.5 Å². The minimum Gasteiger partial charge on any atom is -0.465 e. The smallest absolute Gasteiger partial charge is 0.338 e. The van der Waals surface area contributed by atoms with Crippen molar-refractivity contribution >= 4 is 40.7 Å². The highest BCUT2D eigenvalue weighted by Crippen LogP contribution is 2.29. The lowest BCUT2D eigenvalue weighted by Crippen LogP contribution is -2.06. The molecule has 0 saturated heterocycles. The number of esters is 1. The molecular weight excluding hydrogens is 436 g/mol. The number of pyridine rings is 1. The van der Waals surface area contributed by atoms with Crippen molar-refractivity contribution in [3.63, 3.8) is 0 Å². The Morgan fingerprint density at radius 3 is 2.74 bits per heavy atom. The van der Waals surface area contributed by atoms with Crippen LogP contribution in [-0.2, 0) is 10.5 Å². The SMILES string of the molecule is COC(=O)c1ccnc(Oc2ccc(C=NN=C(N)SCc3ccccc3)cc2Cl)c1. The lowest BCUT2D eigenvalue weighted by Gasteiger charge is -2.08. The van der Waals surface area contributed by atoms with Gasteiger partial charge in [-0.1, -0.05) is 53.7 Å². The van der Waals surface area contributed by atoms with Crippen molar-refractivity contribution < 1.29 is 14.3 Å². The van der Waals surface area contributed by atoms with Gasteiger partial charge in [-0.05, 0) is 35.4 Å². The fourth-order valence-electron chi connectivity index (χ4n) is 2.42. The normalized spacial score (nSPS) is 11.5. The number of amidine groups is 1. The van der Waals surface area contributed by atoms with Crippen molar-refractivity contribution in [2.24, 2.45) is 15.9 Å². The second-order valence-corrected chi connectivity index (χ2v) is 7.53. The predicted octanol–water partition coefficient (Wildman–Crippen LogP) is 4.90. The van der Waals surface area contributed by atoms with E-state index in [9.17, 15) is 4.79 Å². The maximum Gasteiger partial charge on any atom is 0.338 e. The number of carbonyl (C=O) groups is 1. The number of thioether (sulfide) groups is 1. The van der Waals surface area contributed by atoms with E-state index in [-0.39, 0.29) is 5.88 Å².